The standard InChI is InChI=1S/C54H35N3.2C2H6/c1-2-15-36(16-3-1)39-32-41(56-51-26-11-6-21-45(51)46-22-7-12-27-52(46)56)35-42(33-39)57-53-28-13-8-23-47(53)48-34-38(29-30-54(48)57)37-17-14-18-40(31-37)55-49-24-9-4-19-43(49)44-20-5-10-25-50(44)55;2*1-2/h1-35H;2*1-2H3. The first-order valence-corrected chi connectivity index (χ1v) is 21.6. The minimum atomic E-state index is 1.13. The van der Waals surface area contributed by atoms with Crippen LogP contribution >= 0.6 is 0 Å². The molecule has 3 heterocycles. The molecule has 0 aliphatic rings. The van der Waals surface area contributed by atoms with Crippen LogP contribution in [0.1, 0.15) is 27.7 Å². The second kappa shape index (κ2) is 15.9. The minimum absolute atomic E-state index is 1.13. The van der Waals surface area contributed by atoms with Crippen LogP contribution in [-0.2, 0) is 0 Å². The molecule has 0 fully saturated rings. The Hall–Kier alpha value is -7.62. The highest BCUT2D eigenvalue weighted by molar-refractivity contribution is 6.12. The van der Waals surface area contributed by atoms with Crippen LogP contribution in [0, 0.1) is 0 Å². The quantitative estimate of drug-likeness (QED) is 0.165. The predicted molar refractivity (Wildman–Crippen MR) is 263 cm³/mol. The summed E-state index contributed by atoms with van der Waals surface area (Å²) in [5.41, 5.74) is 15.3. The van der Waals surface area contributed by atoms with Crippen molar-refractivity contribution in [2.75, 3.05) is 0 Å². The van der Waals surface area contributed by atoms with Crippen LogP contribution in [-0.4, -0.2) is 13.7 Å². The van der Waals surface area contributed by atoms with Crippen molar-refractivity contribution in [3.8, 4) is 39.3 Å². The van der Waals surface area contributed by atoms with Gasteiger partial charge in [0.05, 0.1) is 33.1 Å². The lowest BCUT2D eigenvalue weighted by molar-refractivity contribution is 1.13. The summed E-state index contributed by atoms with van der Waals surface area (Å²) in [6, 6.07) is 77.5. The van der Waals surface area contributed by atoms with Gasteiger partial charge in [-0.2, -0.15) is 0 Å². The number of hydrogen-bond donors (Lipinski definition) is 0. The Balaban J connectivity index is 0.00000108. The minimum Gasteiger partial charge on any atom is -0.309 e. The molecule has 0 atom stereocenters. The summed E-state index contributed by atoms with van der Waals surface area (Å²) in [6.45, 7) is 8.00. The molecule has 9 aromatic carbocycles. The van der Waals surface area contributed by atoms with E-state index in [2.05, 4.69) is 226 Å². The van der Waals surface area contributed by atoms with Crippen molar-refractivity contribution < 1.29 is 0 Å². The van der Waals surface area contributed by atoms with Gasteiger partial charge in [0.25, 0.3) is 0 Å². The van der Waals surface area contributed by atoms with E-state index in [4.69, 9.17) is 0 Å². The first kappa shape index (κ1) is 37.6. The topological polar surface area (TPSA) is 14.8 Å². The van der Waals surface area contributed by atoms with Gasteiger partial charge in [0.1, 0.15) is 0 Å². The number of fused-ring (bicyclic) bond motifs is 9. The fourth-order valence-corrected chi connectivity index (χ4v) is 9.31. The van der Waals surface area contributed by atoms with Crippen molar-refractivity contribution >= 4 is 65.4 Å². The van der Waals surface area contributed by atoms with E-state index in [9.17, 15) is 0 Å². The van der Waals surface area contributed by atoms with Gasteiger partial charge >= 0.3 is 0 Å². The molecule has 0 saturated carbocycles. The molecule has 3 nitrogen and oxygen atoms in total. The highest BCUT2D eigenvalue weighted by atomic mass is 15.0. The van der Waals surface area contributed by atoms with Crippen LogP contribution in [0.25, 0.3) is 105 Å². The second-order valence-electron chi connectivity index (χ2n) is 15.0. The first-order valence-electron chi connectivity index (χ1n) is 21.6. The lowest BCUT2D eigenvalue weighted by atomic mass is 10.0. The maximum atomic E-state index is 2.45. The van der Waals surface area contributed by atoms with Crippen LogP contribution in [0.5, 0.6) is 0 Å². The van der Waals surface area contributed by atoms with Gasteiger partial charge in [0.2, 0.25) is 0 Å². The zero-order valence-corrected chi connectivity index (χ0v) is 35.0. The summed E-state index contributed by atoms with van der Waals surface area (Å²) in [5.74, 6) is 0. The Bertz CT molecular complexity index is 3420. The van der Waals surface area contributed by atoms with E-state index in [1.807, 2.05) is 27.7 Å². The van der Waals surface area contributed by atoms with E-state index < -0.39 is 0 Å². The van der Waals surface area contributed by atoms with Crippen molar-refractivity contribution in [2.24, 2.45) is 0 Å². The van der Waals surface area contributed by atoms with E-state index in [1.165, 1.54) is 87.7 Å². The molecule has 3 heteroatoms. The van der Waals surface area contributed by atoms with Gasteiger partial charge in [-0.1, -0.05) is 167 Å². The number of nitrogens with zero attached hydrogens (tertiary/aromatic N) is 3. The zero-order valence-electron chi connectivity index (χ0n) is 35.0. The summed E-state index contributed by atoms with van der Waals surface area (Å²) in [5, 5.41) is 7.51. The second-order valence-corrected chi connectivity index (χ2v) is 15.0. The molecule has 61 heavy (non-hydrogen) atoms. The molecule has 0 amide bonds. The molecule has 0 aliphatic carbocycles. The molecular formula is C58H47N3. The van der Waals surface area contributed by atoms with E-state index in [1.54, 1.807) is 0 Å². The highest BCUT2D eigenvalue weighted by Crippen LogP contribution is 2.40. The maximum absolute atomic E-state index is 2.45. The average molecular weight is 786 g/mol. The molecular weight excluding hydrogens is 739 g/mol. The van der Waals surface area contributed by atoms with E-state index >= 15 is 0 Å². The van der Waals surface area contributed by atoms with Crippen LogP contribution in [0.3, 0.4) is 0 Å². The summed E-state index contributed by atoms with van der Waals surface area (Å²) < 4.78 is 7.27. The lowest BCUT2D eigenvalue weighted by Gasteiger charge is -2.16. The van der Waals surface area contributed by atoms with Crippen molar-refractivity contribution in [3.05, 3.63) is 212 Å². The molecule has 0 unspecified atom stereocenters. The summed E-state index contributed by atoms with van der Waals surface area (Å²) in [6.07, 6.45) is 0. The zero-order chi connectivity index (χ0) is 41.5. The third-order valence-electron chi connectivity index (χ3n) is 11.8. The van der Waals surface area contributed by atoms with Gasteiger partial charge in [-0.15, -0.1) is 0 Å². The molecule has 0 radical (unpaired) electrons. The third-order valence-corrected chi connectivity index (χ3v) is 11.8. The van der Waals surface area contributed by atoms with Gasteiger partial charge in [-0.05, 0) is 95.1 Å². The fourth-order valence-electron chi connectivity index (χ4n) is 9.31. The van der Waals surface area contributed by atoms with Crippen molar-refractivity contribution in [1.29, 1.82) is 0 Å². The van der Waals surface area contributed by atoms with Crippen molar-refractivity contribution in [2.45, 2.75) is 27.7 Å². The van der Waals surface area contributed by atoms with Crippen molar-refractivity contribution in [1.82, 2.24) is 13.7 Å². The molecule has 12 aromatic rings. The van der Waals surface area contributed by atoms with Gasteiger partial charge in [-0.3, -0.25) is 0 Å². The Labute approximate surface area is 357 Å². The number of benzene rings is 9. The Morgan fingerprint density at radius 3 is 1.03 bits per heavy atom. The SMILES string of the molecule is CC.CC.c1ccc(-c2cc(-n3c4ccccc4c4ccccc43)cc(-n3c4ccccc4c4cc(-c5cccc(-n6c7ccccc7c7ccccc76)c5)ccc43)c2)cc1. The van der Waals surface area contributed by atoms with Gasteiger partial charge in [0.15, 0.2) is 0 Å². The van der Waals surface area contributed by atoms with Crippen LogP contribution in [0.2, 0.25) is 0 Å². The smallest absolute Gasteiger partial charge is 0.0541 e. The van der Waals surface area contributed by atoms with Crippen LogP contribution in [0.4, 0.5) is 0 Å². The largest absolute Gasteiger partial charge is 0.309 e. The summed E-state index contributed by atoms with van der Waals surface area (Å²) in [4.78, 5) is 0. The molecule has 0 bridgehead atoms. The molecule has 0 N–H and O–H groups in total. The molecule has 0 saturated heterocycles. The Morgan fingerprint density at radius 1 is 0.213 bits per heavy atom. The number of aromatic nitrogens is 3. The fraction of sp³-hybridized carbons (Fsp3) is 0.0690. The number of hydrogen-bond acceptors (Lipinski definition) is 0. The maximum Gasteiger partial charge on any atom is 0.0541 e. The normalized spacial score (nSPS) is 11.3. The summed E-state index contributed by atoms with van der Waals surface area (Å²) in [7, 11) is 0. The van der Waals surface area contributed by atoms with Crippen LogP contribution < -0.4 is 0 Å². The first-order chi connectivity index (χ1) is 30.3. The number of para-hydroxylation sites is 5. The van der Waals surface area contributed by atoms with Crippen LogP contribution in [0.15, 0.2) is 212 Å². The Kier molecular flexibility index (Phi) is 9.78. The predicted octanol–water partition coefficient (Wildman–Crippen LogP) is 16.4. The van der Waals surface area contributed by atoms with E-state index in [0.29, 0.717) is 0 Å². The Morgan fingerprint density at radius 2 is 0.557 bits per heavy atom. The molecule has 12 rings (SSSR count). The van der Waals surface area contributed by atoms with Gasteiger partial charge in [0, 0.05) is 49.4 Å². The number of rotatable bonds is 5. The monoisotopic (exact) mass is 785 g/mol. The van der Waals surface area contributed by atoms with Gasteiger partial charge < -0.3 is 13.7 Å². The third kappa shape index (κ3) is 6.20. The van der Waals surface area contributed by atoms with Gasteiger partial charge in [-0.25, -0.2) is 0 Å². The highest BCUT2D eigenvalue weighted by Gasteiger charge is 2.18. The van der Waals surface area contributed by atoms with E-state index in [-0.39, 0.29) is 0 Å². The molecule has 0 spiro atoms. The lowest BCUT2D eigenvalue weighted by Crippen LogP contribution is -2.00. The summed E-state index contributed by atoms with van der Waals surface area (Å²) >= 11 is 0. The van der Waals surface area contributed by atoms with Crippen molar-refractivity contribution in [3.63, 3.8) is 0 Å². The molecule has 0 aliphatic heterocycles. The molecule has 294 valence electrons. The van der Waals surface area contributed by atoms with E-state index in [0.717, 1.165) is 17.1 Å². The molecule has 3 aromatic heterocycles. The average Bonchev–Trinajstić information content (AvgIpc) is 3.99.